The molecule has 1 atom stereocenters. The van der Waals surface area contributed by atoms with Crippen molar-refractivity contribution in [1.29, 1.82) is 0 Å². The van der Waals surface area contributed by atoms with Gasteiger partial charge in [0.1, 0.15) is 17.2 Å². The van der Waals surface area contributed by atoms with Crippen LogP contribution in [0.1, 0.15) is 29.3 Å². The molecule has 0 aliphatic heterocycles. The highest BCUT2D eigenvalue weighted by molar-refractivity contribution is 8.00. The van der Waals surface area contributed by atoms with E-state index in [1.165, 1.54) is 36.3 Å². The van der Waals surface area contributed by atoms with Crippen LogP contribution in [0.25, 0.3) is 17.3 Å². The summed E-state index contributed by atoms with van der Waals surface area (Å²) in [6.45, 7) is 1.94. The highest BCUT2D eigenvalue weighted by Crippen LogP contribution is 2.31. The molecule has 0 fully saturated rings. The summed E-state index contributed by atoms with van der Waals surface area (Å²) >= 11 is 2.76. The normalized spacial score (nSPS) is 11.7. The Labute approximate surface area is 287 Å². The molecule has 3 N–H and O–H groups in total. The number of methoxy groups -OCH3 is 2. The number of thioether (sulfide) groups is 1. The first-order chi connectivity index (χ1) is 23.4. The lowest BCUT2D eigenvalue weighted by Gasteiger charge is -2.15. The van der Waals surface area contributed by atoms with E-state index >= 15 is 0 Å². The zero-order chi connectivity index (χ0) is 33.9. The molecular formula is C37H34N4O5S2. The van der Waals surface area contributed by atoms with Crippen molar-refractivity contribution in [3.63, 3.8) is 0 Å². The predicted molar refractivity (Wildman–Crippen MR) is 193 cm³/mol. The number of ether oxygens (including phenoxy) is 2. The standard InChI is InChI=1S/C37H34N4O5S2/c1-4-33(36(44)41-37-40-31(23-47-37)24-12-7-5-8-13-24)48-29-17-11-16-27(22-29)38-35(43)30(39-34(42)25-14-9-6-10-15-25)21-26-20-28(45-2)18-19-32(26)46-3/h5-23,33H,4H2,1-3H3,(H,38,43)(H,39,42)(H,40,41,44)/b30-21+. The van der Waals surface area contributed by atoms with Gasteiger partial charge in [0.2, 0.25) is 5.91 Å². The summed E-state index contributed by atoms with van der Waals surface area (Å²) in [4.78, 5) is 45.4. The summed E-state index contributed by atoms with van der Waals surface area (Å²) in [5.41, 5.74) is 3.20. The molecule has 0 bridgehead atoms. The number of aromatic nitrogens is 1. The number of nitrogens with zero attached hydrogens (tertiary/aromatic N) is 1. The monoisotopic (exact) mass is 678 g/mol. The van der Waals surface area contributed by atoms with Crippen molar-refractivity contribution in [2.24, 2.45) is 0 Å². The summed E-state index contributed by atoms with van der Waals surface area (Å²) in [5, 5.41) is 10.6. The van der Waals surface area contributed by atoms with Gasteiger partial charge in [0, 0.05) is 32.7 Å². The van der Waals surface area contributed by atoms with E-state index in [1.54, 1.807) is 73.8 Å². The van der Waals surface area contributed by atoms with Crippen LogP contribution >= 0.6 is 23.1 Å². The molecule has 0 saturated heterocycles. The average Bonchev–Trinajstić information content (AvgIpc) is 3.59. The number of rotatable bonds is 13. The molecule has 1 aromatic heterocycles. The van der Waals surface area contributed by atoms with Gasteiger partial charge in [-0.05, 0) is 61.0 Å². The third kappa shape index (κ3) is 8.90. The van der Waals surface area contributed by atoms with Crippen LogP contribution in [0.5, 0.6) is 11.5 Å². The number of carbonyl (C=O) groups excluding carboxylic acids is 3. The van der Waals surface area contributed by atoms with Gasteiger partial charge < -0.3 is 25.4 Å². The van der Waals surface area contributed by atoms with Crippen molar-refractivity contribution in [1.82, 2.24) is 10.3 Å². The van der Waals surface area contributed by atoms with Gasteiger partial charge >= 0.3 is 0 Å². The topological polar surface area (TPSA) is 119 Å². The number of anilines is 2. The van der Waals surface area contributed by atoms with E-state index in [4.69, 9.17) is 9.47 Å². The first-order valence-electron chi connectivity index (χ1n) is 15.1. The van der Waals surface area contributed by atoms with Gasteiger partial charge in [-0.15, -0.1) is 23.1 Å². The summed E-state index contributed by atoms with van der Waals surface area (Å²) in [5.74, 6) is -0.106. The Morgan fingerprint density at radius 1 is 0.875 bits per heavy atom. The summed E-state index contributed by atoms with van der Waals surface area (Å²) in [6, 6.07) is 30.8. The smallest absolute Gasteiger partial charge is 0.272 e. The molecule has 1 heterocycles. The van der Waals surface area contributed by atoms with Crippen LogP contribution in [-0.2, 0) is 9.59 Å². The molecule has 11 heteroatoms. The van der Waals surface area contributed by atoms with Gasteiger partial charge in [-0.25, -0.2) is 4.98 Å². The summed E-state index contributed by atoms with van der Waals surface area (Å²) in [7, 11) is 3.06. The second-order valence-electron chi connectivity index (χ2n) is 10.4. The van der Waals surface area contributed by atoms with Crippen LogP contribution in [0.4, 0.5) is 10.8 Å². The van der Waals surface area contributed by atoms with Crippen LogP contribution < -0.4 is 25.4 Å². The van der Waals surface area contributed by atoms with Gasteiger partial charge in [-0.2, -0.15) is 0 Å². The second kappa shape index (κ2) is 16.4. The molecule has 5 aromatic rings. The van der Waals surface area contributed by atoms with E-state index in [0.29, 0.717) is 39.9 Å². The minimum Gasteiger partial charge on any atom is -0.497 e. The van der Waals surface area contributed by atoms with E-state index in [1.807, 2.05) is 48.7 Å². The Kier molecular flexibility index (Phi) is 11.6. The van der Waals surface area contributed by atoms with Gasteiger partial charge in [-0.1, -0.05) is 61.5 Å². The van der Waals surface area contributed by atoms with E-state index in [9.17, 15) is 14.4 Å². The van der Waals surface area contributed by atoms with E-state index in [-0.39, 0.29) is 11.6 Å². The fourth-order valence-corrected chi connectivity index (χ4v) is 6.38. The Bertz CT molecular complexity index is 1910. The van der Waals surface area contributed by atoms with E-state index in [2.05, 4.69) is 20.9 Å². The maximum atomic E-state index is 13.7. The predicted octanol–water partition coefficient (Wildman–Crippen LogP) is 7.75. The molecule has 0 saturated carbocycles. The van der Waals surface area contributed by atoms with Crippen LogP contribution in [0.3, 0.4) is 0 Å². The molecule has 0 aliphatic rings. The van der Waals surface area contributed by atoms with Crippen molar-refractivity contribution in [3.05, 3.63) is 125 Å². The van der Waals surface area contributed by atoms with Crippen molar-refractivity contribution < 1.29 is 23.9 Å². The first-order valence-corrected chi connectivity index (χ1v) is 16.8. The van der Waals surface area contributed by atoms with Crippen LogP contribution in [0.2, 0.25) is 0 Å². The lowest BCUT2D eigenvalue weighted by atomic mass is 10.1. The largest absolute Gasteiger partial charge is 0.497 e. The number of nitrogens with one attached hydrogen (secondary N) is 3. The van der Waals surface area contributed by atoms with Gasteiger partial charge in [0.15, 0.2) is 5.13 Å². The number of benzene rings is 4. The van der Waals surface area contributed by atoms with Crippen LogP contribution in [0, 0.1) is 0 Å². The van der Waals surface area contributed by atoms with Gasteiger partial charge in [0.05, 0.1) is 25.2 Å². The van der Waals surface area contributed by atoms with Crippen molar-refractivity contribution in [2.75, 3.05) is 24.9 Å². The fourth-order valence-electron chi connectivity index (χ4n) is 4.64. The Hall–Kier alpha value is -5.39. The van der Waals surface area contributed by atoms with Gasteiger partial charge in [0.25, 0.3) is 11.8 Å². The molecule has 3 amide bonds. The van der Waals surface area contributed by atoms with Crippen molar-refractivity contribution in [3.8, 4) is 22.8 Å². The Balaban J connectivity index is 1.32. The minimum absolute atomic E-state index is 0.00223. The first kappa shape index (κ1) is 34.0. The quantitative estimate of drug-likeness (QED) is 0.0861. The number of hydrogen-bond donors (Lipinski definition) is 3. The number of amides is 3. The zero-order valence-electron chi connectivity index (χ0n) is 26.6. The van der Waals surface area contributed by atoms with Crippen molar-refractivity contribution in [2.45, 2.75) is 23.5 Å². The third-order valence-corrected chi connectivity index (χ3v) is 9.22. The highest BCUT2D eigenvalue weighted by atomic mass is 32.2. The molecule has 0 spiro atoms. The van der Waals surface area contributed by atoms with E-state index in [0.717, 1.165) is 16.2 Å². The number of carbonyl (C=O) groups is 3. The molecule has 4 aromatic carbocycles. The fraction of sp³-hybridized carbons (Fsp3) is 0.135. The second-order valence-corrected chi connectivity index (χ2v) is 12.5. The maximum absolute atomic E-state index is 13.7. The molecule has 5 rings (SSSR count). The van der Waals surface area contributed by atoms with Crippen LogP contribution in [-0.4, -0.2) is 42.2 Å². The molecule has 1 unspecified atom stereocenters. The lowest BCUT2D eigenvalue weighted by Crippen LogP contribution is -2.30. The SMILES string of the molecule is CCC(Sc1cccc(NC(=O)/C(=C\c2cc(OC)ccc2OC)NC(=O)c2ccccc2)c1)C(=O)Nc1nc(-c2ccccc2)cs1. The number of thiazole rings is 1. The Morgan fingerprint density at radius 3 is 2.33 bits per heavy atom. The van der Waals surface area contributed by atoms with Crippen molar-refractivity contribution >= 4 is 57.7 Å². The number of hydrogen-bond acceptors (Lipinski definition) is 8. The lowest BCUT2D eigenvalue weighted by molar-refractivity contribution is -0.116. The van der Waals surface area contributed by atoms with Gasteiger partial charge in [-0.3, -0.25) is 14.4 Å². The highest BCUT2D eigenvalue weighted by Gasteiger charge is 2.21. The maximum Gasteiger partial charge on any atom is 0.272 e. The van der Waals surface area contributed by atoms with E-state index < -0.39 is 17.1 Å². The molecule has 48 heavy (non-hydrogen) atoms. The Morgan fingerprint density at radius 2 is 1.62 bits per heavy atom. The molecule has 0 aliphatic carbocycles. The molecule has 244 valence electrons. The molecule has 9 nitrogen and oxygen atoms in total. The average molecular weight is 679 g/mol. The molecular weight excluding hydrogens is 645 g/mol. The zero-order valence-corrected chi connectivity index (χ0v) is 28.2. The third-order valence-electron chi connectivity index (χ3n) is 7.10. The van der Waals surface area contributed by atoms with Crippen LogP contribution in [0.15, 0.2) is 119 Å². The summed E-state index contributed by atoms with van der Waals surface area (Å²) < 4.78 is 10.9. The minimum atomic E-state index is -0.547. The molecule has 0 radical (unpaired) electrons. The summed E-state index contributed by atoms with van der Waals surface area (Å²) in [6.07, 6.45) is 2.11.